The minimum absolute atomic E-state index is 0.224. The summed E-state index contributed by atoms with van der Waals surface area (Å²) in [6.07, 6.45) is 0. The molecule has 3 rings (SSSR count). The minimum Gasteiger partial charge on any atom is -0.457 e. The van der Waals surface area contributed by atoms with Crippen LogP contribution in [-0.4, -0.2) is 48.3 Å². The molecule has 0 fully saturated rings. The van der Waals surface area contributed by atoms with E-state index in [4.69, 9.17) is 9.47 Å². The first-order valence-corrected chi connectivity index (χ1v) is 9.69. The molecule has 2 amide bonds. The fourth-order valence-electron chi connectivity index (χ4n) is 2.77. The second-order valence-corrected chi connectivity index (χ2v) is 6.71. The van der Waals surface area contributed by atoms with Gasteiger partial charge in [-0.3, -0.25) is 9.59 Å². The first kappa shape index (κ1) is 22.9. The minimum atomic E-state index is -1.13. The lowest BCUT2D eigenvalue weighted by atomic mass is 10.1. The van der Waals surface area contributed by atoms with Gasteiger partial charge in [-0.05, 0) is 60.7 Å². The second-order valence-electron chi connectivity index (χ2n) is 6.71. The smallest absolute Gasteiger partial charge is 0.250 e. The highest BCUT2D eigenvalue weighted by Gasteiger charge is 2.20. The van der Waals surface area contributed by atoms with E-state index >= 15 is 0 Å². The molecule has 166 valence electrons. The third kappa shape index (κ3) is 6.34. The van der Waals surface area contributed by atoms with Crippen molar-refractivity contribution in [1.29, 1.82) is 0 Å². The van der Waals surface area contributed by atoms with E-state index in [9.17, 15) is 19.1 Å². The van der Waals surface area contributed by atoms with E-state index in [1.54, 1.807) is 42.5 Å². The summed E-state index contributed by atoms with van der Waals surface area (Å²) in [6, 6.07) is 16.8. The van der Waals surface area contributed by atoms with E-state index in [-0.39, 0.29) is 18.2 Å². The number of nitrogens with one attached hydrogen (secondary N) is 2. The van der Waals surface area contributed by atoms with E-state index in [0.29, 0.717) is 17.2 Å². The topological polar surface area (TPSA) is 110 Å². The second kappa shape index (κ2) is 11.0. The van der Waals surface area contributed by atoms with Crippen molar-refractivity contribution in [2.24, 2.45) is 0 Å². The first-order chi connectivity index (χ1) is 15.5. The Hall–Kier alpha value is -3.82. The Labute approximate surface area is 184 Å². The molecule has 0 saturated carbocycles. The first-order valence-electron chi connectivity index (χ1n) is 9.69. The number of hydrogen-bond acceptors (Lipinski definition) is 6. The SMILES string of the molecule is COCC(=O)NC(CO)C(=O)Nc1cccc(-c2ccc(Oc3ccc(F)cc3)cc2)n1. The normalized spacial score (nSPS) is 11.5. The van der Waals surface area contributed by atoms with Crippen LogP contribution in [0.5, 0.6) is 11.5 Å². The van der Waals surface area contributed by atoms with Crippen LogP contribution in [0, 0.1) is 5.82 Å². The maximum absolute atomic E-state index is 13.0. The molecule has 1 aromatic heterocycles. The van der Waals surface area contributed by atoms with Gasteiger partial charge in [0.25, 0.3) is 5.91 Å². The van der Waals surface area contributed by atoms with E-state index in [1.807, 2.05) is 0 Å². The van der Waals surface area contributed by atoms with Gasteiger partial charge >= 0.3 is 0 Å². The molecular weight excluding hydrogens is 417 g/mol. The molecule has 1 atom stereocenters. The van der Waals surface area contributed by atoms with E-state index in [1.165, 1.54) is 31.4 Å². The number of carbonyl (C=O) groups excluding carboxylic acids is 2. The average Bonchev–Trinajstić information content (AvgIpc) is 2.80. The molecule has 2 aromatic carbocycles. The van der Waals surface area contributed by atoms with Crippen LogP contribution in [0.3, 0.4) is 0 Å². The van der Waals surface area contributed by atoms with E-state index < -0.39 is 24.5 Å². The van der Waals surface area contributed by atoms with Gasteiger partial charge in [-0.25, -0.2) is 9.37 Å². The summed E-state index contributed by atoms with van der Waals surface area (Å²) < 4.78 is 23.4. The third-order valence-electron chi connectivity index (χ3n) is 4.31. The summed E-state index contributed by atoms with van der Waals surface area (Å²) in [5.74, 6) is -0.122. The van der Waals surface area contributed by atoms with Crippen molar-refractivity contribution in [2.75, 3.05) is 25.6 Å². The zero-order valence-corrected chi connectivity index (χ0v) is 17.2. The Morgan fingerprint density at radius 3 is 2.31 bits per heavy atom. The number of hydrogen-bond donors (Lipinski definition) is 3. The Morgan fingerprint density at radius 1 is 1.03 bits per heavy atom. The Balaban J connectivity index is 1.66. The highest BCUT2D eigenvalue weighted by Crippen LogP contribution is 2.25. The van der Waals surface area contributed by atoms with Gasteiger partial charge in [0.15, 0.2) is 0 Å². The fourth-order valence-corrected chi connectivity index (χ4v) is 2.77. The monoisotopic (exact) mass is 439 g/mol. The van der Waals surface area contributed by atoms with Crippen LogP contribution >= 0.6 is 0 Å². The number of aromatic nitrogens is 1. The molecule has 9 heteroatoms. The van der Waals surface area contributed by atoms with E-state index in [0.717, 1.165) is 5.56 Å². The molecule has 0 radical (unpaired) electrons. The molecule has 0 aliphatic heterocycles. The number of nitrogens with zero attached hydrogens (tertiary/aromatic N) is 1. The van der Waals surface area contributed by atoms with Crippen LogP contribution in [0.2, 0.25) is 0 Å². The Bertz CT molecular complexity index is 1060. The van der Waals surface area contributed by atoms with Gasteiger partial charge in [-0.1, -0.05) is 6.07 Å². The molecule has 0 aliphatic carbocycles. The molecular formula is C23H22FN3O5. The van der Waals surface area contributed by atoms with Crippen molar-refractivity contribution in [2.45, 2.75) is 6.04 Å². The molecule has 1 heterocycles. The third-order valence-corrected chi connectivity index (χ3v) is 4.31. The lowest BCUT2D eigenvalue weighted by Gasteiger charge is -2.16. The number of methoxy groups -OCH3 is 1. The number of amides is 2. The van der Waals surface area contributed by atoms with Crippen LogP contribution in [0.4, 0.5) is 10.2 Å². The summed E-state index contributed by atoms with van der Waals surface area (Å²) in [4.78, 5) is 28.4. The van der Waals surface area contributed by atoms with Crippen LogP contribution in [0.25, 0.3) is 11.3 Å². The van der Waals surface area contributed by atoms with Crippen LogP contribution in [0.1, 0.15) is 0 Å². The van der Waals surface area contributed by atoms with Crippen molar-refractivity contribution in [3.63, 3.8) is 0 Å². The van der Waals surface area contributed by atoms with Crippen molar-refractivity contribution in [1.82, 2.24) is 10.3 Å². The number of aliphatic hydroxyl groups is 1. The molecule has 32 heavy (non-hydrogen) atoms. The molecule has 8 nitrogen and oxygen atoms in total. The average molecular weight is 439 g/mol. The van der Waals surface area contributed by atoms with Crippen molar-refractivity contribution < 1.29 is 28.6 Å². The summed E-state index contributed by atoms with van der Waals surface area (Å²) in [6.45, 7) is -0.797. The quantitative estimate of drug-likeness (QED) is 0.473. The van der Waals surface area contributed by atoms with Crippen molar-refractivity contribution in [3.8, 4) is 22.8 Å². The number of rotatable bonds is 9. The number of ether oxygens (including phenoxy) is 2. The van der Waals surface area contributed by atoms with Gasteiger partial charge in [-0.2, -0.15) is 0 Å². The summed E-state index contributed by atoms with van der Waals surface area (Å²) in [5.41, 5.74) is 1.37. The highest BCUT2D eigenvalue weighted by molar-refractivity contribution is 5.97. The lowest BCUT2D eigenvalue weighted by Crippen LogP contribution is -2.47. The van der Waals surface area contributed by atoms with Crippen LogP contribution < -0.4 is 15.4 Å². The number of halogens is 1. The van der Waals surface area contributed by atoms with Gasteiger partial charge in [0.2, 0.25) is 5.91 Å². The standard InChI is InChI=1S/C23H22FN3O5/c1-31-14-22(29)26-20(13-28)23(30)27-21-4-2-3-19(25-21)15-5-9-17(10-6-15)32-18-11-7-16(24)8-12-18/h2-12,20,28H,13-14H2,1H3,(H,26,29)(H,25,27,30). The van der Waals surface area contributed by atoms with E-state index in [2.05, 4.69) is 15.6 Å². The largest absolute Gasteiger partial charge is 0.457 e. The molecule has 0 spiro atoms. The Morgan fingerprint density at radius 2 is 1.69 bits per heavy atom. The molecule has 3 N–H and O–H groups in total. The highest BCUT2D eigenvalue weighted by atomic mass is 19.1. The van der Waals surface area contributed by atoms with Gasteiger partial charge < -0.3 is 25.2 Å². The summed E-state index contributed by atoms with van der Waals surface area (Å²) >= 11 is 0. The number of pyridine rings is 1. The van der Waals surface area contributed by atoms with Gasteiger partial charge in [0.05, 0.1) is 12.3 Å². The molecule has 1 unspecified atom stereocenters. The van der Waals surface area contributed by atoms with Gasteiger partial charge in [0, 0.05) is 12.7 Å². The number of aliphatic hydroxyl groups excluding tert-OH is 1. The molecule has 3 aromatic rings. The maximum Gasteiger partial charge on any atom is 0.250 e. The predicted molar refractivity (Wildman–Crippen MR) is 116 cm³/mol. The van der Waals surface area contributed by atoms with Gasteiger partial charge in [-0.15, -0.1) is 0 Å². The van der Waals surface area contributed by atoms with Crippen LogP contribution in [0.15, 0.2) is 66.7 Å². The number of carbonyl (C=O) groups is 2. The molecule has 0 bridgehead atoms. The van der Waals surface area contributed by atoms with Gasteiger partial charge in [0.1, 0.15) is 35.8 Å². The van der Waals surface area contributed by atoms with Crippen molar-refractivity contribution >= 4 is 17.6 Å². The summed E-state index contributed by atoms with van der Waals surface area (Å²) in [7, 11) is 1.35. The fraction of sp³-hybridized carbons (Fsp3) is 0.174. The van der Waals surface area contributed by atoms with Crippen molar-refractivity contribution in [3.05, 3.63) is 72.5 Å². The lowest BCUT2D eigenvalue weighted by molar-refractivity contribution is -0.129. The number of anilines is 1. The zero-order chi connectivity index (χ0) is 22.9. The molecule has 0 aliphatic rings. The maximum atomic E-state index is 13.0. The number of benzene rings is 2. The molecule has 0 saturated heterocycles. The Kier molecular flexibility index (Phi) is 7.85. The predicted octanol–water partition coefficient (Wildman–Crippen LogP) is 2.74. The zero-order valence-electron chi connectivity index (χ0n) is 17.2. The summed E-state index contributed by atoms with van der Waals surface area (Å²) in [5, 5.41) is 14.4. The van der Waals surface area contributed by atoms with Crippen LogP contribution in [-0.2, 0) is 14.3 Å².